The number of hydrogen-bond donors (Lipinski definition) is 1. The summed E-state index contributed by atoms with van der Waals surface area (Å²) in [7, 11) is 0. The average molecular weight is 265 g/mol. The van der Waals surface area contributed by atoms with E-state index in [9.17, 15) is 9.90 Å². The van der Waals surface area contributed by atoms with Gasteiger partial charge < -0.3 is 9.84 Å². The minimum absolute atomic E-state index is 0.474. The molecule has 1 aromatic heterocycles. The van der Waals surface area contributed by atoms with Gasteiger partial charge in [-0.3, -0.25) is 4.79 Å². The largest absolute Gasteiger partial charge is 0.481 e. The van der Waals surface area contributed by atoms with E-state index in [1.54, 1.807) is 4.68 Å². The van der Waals surface area contributed by atoms with Crippen molar-refractivity contribution in [3.05, 3.63) is 11.6 Å². The van der Waals surface area contributed by atoms with Crippen LogP contribution >= 0.6 is 0 Å². The Labute approximate surface area is 111 Å². The molecule has 2 aliphatic rings. The molecule has 0 saturated carbocycles. The topological polar surface area (TPSA) is 77.2 Å². The van der Waals surface area contributed by atoms with Crippen molar-refractivity contribution in [2.75, 3.05) is 13.2 Å². The van der Waals surface area contributed by atoms with Crippen LogP contribution in [0.3, 0.4) is 0 Å². The van der Waals surface area contributed by atoms with Crippen molar-refractivity contribution < 1.29 is 14.6 Å². The molecular weight excluding hydrogens is 246 g/mol. The Bertz CT molecular complexity index is 466. The highest BCUT2D eigenvalue weighted by Gasteiger charge is 2.30. The zero-order chi connectivity index (χ0) is 13.2. The first-order valence-corrected chi connectivity index (χ1v) is 6.98. The van der Waals surface area contributed by atoms with Gasteiger partial charge in [0.25, 0.3) is 0 Å². The highest BCUT2D eigenvalue weighted by molar-refractivity contribution is 5.75. The first kappa shape index (κ1) is 12.6. The van der Waals surface area contributed by atoms with Crippen molar-refractivity contribution >= 4 is 5.97 Å². The number of nitrogens with zero attached hydrogens (tertiary/aromatic N) is 3. The lowest BCUT2D eigenvalue weighted by Crippen LogP contribution is -2.22. The molecule has 3 rings (SSSR count). The van der Waals surface area contributed by atoms with Crippen molar-refractivity contribution in [2.45, 2.75) is 44.6 Å². The van der Waals surface area contributed by atoms with Gasteiger partial charge in [-0.05, 0) is 31.6 Å². The van der Waals surface area contributed by atoms with E-state index >= 15 is 0 Å². The Morgan fingerprint density at radius 2 is 2.32 bits per heavy atom. The van der Waals surface area contributed by atoms with Crippen molar-refractivity contribution in [3.63, 3.8) is 0 Å². The quantitative estimate of drug-likeness (QED) is 0.888. The number of hydrogen-bond acceptors (Lipinski definition) is 4. The molecule has 1 aromatic rings. The predicted octanol–water partition coefficient (Wildman–Crippen LogP) is 1.21. The maximum atomic E-state index is 11.2. The molecule has 1 saturated heterocycles. The second kappa shape index (κ2) is 5.28. The van der Waals surface area contributed by atoms with Crippen LogP contribution in [0.5, 0.6) is 0 Å². The molecule has 2 unspecified atom stereocenters. The molecule has 0 bridgehead atoms. The van der Waals surface area contributed by atoms with E-state index in [4.69, 9.17) is 4.74 Å². The van der Waals surface area contributed by atoms with E-state index in [2.05, 4.69) is 10.1 Å². The number of aryl methyl sites for hydroxylation is 1. The smallest absolute Gasteiger partial charge is 0.314 e. The molecule has 2 aliphatic heterocycles. The summed E-state index contributed by atoms with van der Waals surface area (Å²) < 4.78 is 7.24. The zero-order valence-electron chi connectivity index (χ0n) is 10.9. The van der Waals surface area contributed by atoms with Gasteiger partial charge in [-0.25, -0.2) is 9.67 Å². The van der Waals surface area contributed by atoms with Crippen molar-refractivity contribution in [3.8, 4) is 0 Å². The number of fused-ring (bicyclic) bond motifs is 1. The third kappa shape index (κ3) is 2.63. The summed E-state index contributed by atoms with van der Waals surface area (Å²) in [6.07, 6.45) is 4.56. The summed E-state index contributed by atoms with van der Waals surface area (Å²) in [5.74, 6) is 0.601. The van der Waals surface area contributed by atoms with E-state index in [0.29, 0.717) is 18.2 Å². The molecule has 3 heterocycles. The molecule has 0 spiro atoms. The van der Waals surface area contributed by atoms with Crippen molar-refractivity contribution in [1.82, 2.24) is 14.8 Å². The number of aliphatic carboxylic acids is 1. The normalized spacial score (nSPS) is 26.9. The molecule has 1 N–H and O–H groups in total. The Hall–Kier alpha value is -1.43. The maximum absolute atomic E-state index is 11.2. The first-order valence-electron chi connectivity index (χ1n) is 6.98. The molecule has 104 valence electrons. The maximum Gasteiger partial charge on any atom is 0.314 e. The molecule has 0 radical (unpaired) electrons. The van der Waals surface area contributed by atoms with E-state index < -0.39 is 11.9 Å². The highest BCUT2D eigenvalue weighted by Crippen LogP contribution is 2.26. The molecule has 19 heavy (non-hydrogen) atoms. The SMILES string of the molecule is O=C(O)C1CCCn2nc(CC3CCCOC3)nc21. The monoisotopic (exact) mass is 265 g/mol. The van der Waals surface area contributed by atoms with Gasteiger partial charge in [0.1, 0.15) is 11.7 Å². The minimum Gasteiger partial charge on any atom is -0.481 e. The van der Waals surface area contributed by atoms with E-state index in [0.717, 1.165) is 51.3 Å². The summed E-state index contributed by atoms with van der Waals surface area (Å²) in [6.45, 7) is 2.41. The van der Waals surface area contributed by atoms with Gasteiger partial charge in [-0.15, -0.1) is 0 Å². The number of rotatable bonds is 3. The number of carboxylic acids is 1. The Kier molecular flexibility index (Phi) is 3.50. The lowest BCUT2D eigenvalue weighted by atomic mass is 9.98. The van der Waals surface area contributed by atoms with Crippen LogP contribution in [0.2, 0.25) is 0 Å². The lowest BCUT2D eigenvalue weighted by molar-refractivity contribution is -0.139. The summed E-state index contributed by atoms with van der Waals surface area (Å²) in [5.41, 5.74) is 0. The van der Waals surface area contributed by atoms with Gasteiger partial charge in [0.15, 0.2) is 5.82 Å². The highest BCUT2D eigenvalue weighted by atomic mass is 16.5. The fourth-order valence-corrected chi connectivity index (χ4v) is 2.95. The third-order valence-electron chi connectivity index (χ3n) is 3.94. The fraction of sp³-hybridized carbons (Fsp3) is 0.769. The Morgan fingerprint density at radius 3 is 3.05 bits per heavy atom. The van der Waals surface area contributed by atoms with Gasteiger partial charge in [0.05, 0.1) is 0 Å². The molecule has 6 heteroatoms. The summed E-state index contributed by atoms with van der Waals surface area (Å²) in [6, 6.07) is 0. The van der Waals surface area contributed by atoms with Gasteiger partial charge in [-0.2, -0.15) is 5.10 Å². The van der Waals surface area contributed by atoms with Gasteiger partial charge in [0.2, 0.25) is 0 Å². The van der Waals surface area contributed by atoms with E-state index in [-0.39, 0.29) is 0 Å². The summed E-state index contributed by atoms with van der Waals surface area (Å²) in [4.78, 5) is 15.7. The lowest BCUT2D eigenvalue weighted by Gasteiger charge is -2.20. The molecule has 6 nitrogen and oxygen atoms in total. The van der Waals surface area contributed by atoms with Gasteiger partial charge in [0, 0.05) is 26.2 Å². The molecule has 0 amide bonds. The number of ether oxygens (including phenoxy) is 1. The molecule has 2 atom stereocenters. The van der Waals surface area contributed by atoms with Gasteiger partial charge in [-0.1, -0.05) is 0 Å². The Morgan fingerprint density at radius 1 is 1.42 bits per heavy atom. The van der Waals surface area contributed by atoms with Crippen LogP contribution in [0.4, 0.5) is 0 Å². The number of carbonyl (C=O) groups is 1. The van der Waals surface area contributed by atoms with Crippen molar-refractivity contribution in [1.29, 1.82) is 0 Å². The van der Waals surface area contributed by atoms with Crippen LogP contribution in [0.25, 0.3) is 0 Å². The number of aromatic nitrogens is 3. The van der Waals surface area contributed by atoms with Crippen LogP contribution in [0, 0.1) is 5.92 Å². The second-order valence-corrected chi connectivity index (χ2v) is 5.43. The van der Waals surface area contributed by atoms with Crippen LogP contribution in [-0.4, -0.2) is 39.1 Å². The summed E-state index contributed by atoms with van der Waals surface area (Å²) in [5, 5.41) is 13.7. The molecular formula is C13H19N3O3. The fourth-order valence-electron chi connectivity index (χ4n) is 2.95. The predicted molar refractivity (Wildman–Crippen MR) is 66.9 cm³/mol. The van der Waals surface area contributed by atoms with E-state index in [1.807, 2.05) is 0 Å². The third-order valence-corrected chi connectivity index (χ3v) is 3.94. The van der Waals surface area contributed by atoms with Gasteiger partial charge >= 0.3 is 5.97 Å². The Balaban J connectivity index is 1.75. The number of carboxylic acid groups (broad SMARTS) is 1. The van der Waals surface area contributed by atoms with Crippen LogP contribution in [-0.2, 0) is 22.5 Å². The van der Waals surface area contributed by atoms with Crippen LogP contribution in [0.15, 0.2) is 0 Å². The van der Waals surface area contributed by atoms with Crippen molar-refractivity contribution in [2.24, 2.45) is 5.92 Å². The summed E-state index contributed by atoms with van der Waals surface area (Å²) >= 11 is 0. The molecule has 0 aromatic carbocycles. The minimum atomic E-state index is -0.791. The molecule has 1 fully saturated rings. The van der Waals surface area contributed by atoms with Crippen LogP contribution < -0.4 is 0 Å². The molecule has 0 aliphatic carbocycles. The van der Waals surface area contributed by atoms with E-state index in [1.165, 1.54) is 0 Å². The first-order chi connectivity index (χ1) is 9.24. The second-order valence-electron chi connectivity index (χ2n) is 5.43. The van der Waals surface area contributed by atoms with Crippen LogP contribution in [0.1, 0.15) is 43.3 Å². The average Bonchev–Trinajstić information content (AvgIpc) is 2.81. The standard InChI is InChI=1S/C13H19N3O3/c17-13(18)10-4-1-5-16-12(10)14-11(15-16)7-9-3-2-6-19-8-9/h9-10H,1-8H2,(H,17,18). The zero-order valence-corrected chi connectivity index (χ0v) is 10.9.